The van der Waals surface area contributed by atoms with Crippen LogP contribution < -0.4 is 5.56 Å². The molecule has 0 fully saturated rings. The standard InChI is InChI=1S/C17H18N2O3S2/c1-3-4-7-13(20)22-10(2)15-18-16(21)14-11(9-24-17(14)19-15)12-6-5-8-23-12/h5-6,8-10H,3-4,7H2,1-2H3,(H,18,19,21)/t10-/m0/s1. The molecule has 0 aromatic carbocycles. The molecule has 0 aliphatic carbocycles. The zero-order chi connectivity index (χ0) is 17.1. The molecule has 3 rings (SSSR count). The fourth-order valence-electron chi connectivity index (χ4n) is 2.40. The maximum absolute atomic E-state index is 12.5. The highest BCUT2D eigenvalue weighted by atomic mass is 32.1. The number of carbonyl (C=O) groups excluding carboxylic acids is 1. The van der Waals surface area contributed by atoms with Crippen LogP contribution in [0.4, 0.5) is 0 Å². The number of nitrogens with zero attached hydrogens (tertiary/aromatic N) is 1. The zero-order valence-corrected chi connectivity index (χ0v) is 15.1. The molecule has 24 heavy (non-hydrogen) atoms. The van der Waals surface area contributed by atoms with Gasteiger partial charge < -0.3 is 9.72 Å². The molecule has 0 aliphatic rings. The number of aromatic amines is 1. The number of hydrogen-bond acceptors (Lipinski definition) is 6. The lowest BCUT2D eigenvalue weighted by molar-refractivity contribution is -0.149. The minimum atomic E-state index is -0.571. The van der Waals surface area contributed by atoms with Gasteiger partial charge in [0.1, 0.15) is 4.83 Å². The van der Waals surface area contributed by atoms with Gasteiger partial charge in [0.05, 0.1) is 5.39 Å². The second-order valence-corrected chi connectivity index (χ2v) is 7.30. The molecular weight excluding hydrogens is 344 g/mol. The van der Waals surface area contributed by atoms with Crippen molar-refractivity contribution in [1.29, 1.82) is 0 Å². The Balaban J connectivity index is 1.89. The SMILES string of the molecule is CCCCC(=O)O[C@@H](C)c1nc2scc(-c3cccs3)c2c(=O)[nH]1. The number of esters is 1. The summed E-state index contributed by atoms with van der Waals surface area (Å²) >= 11 is 3.01. The highest BCUT2D eigenvalue weighted by molar-refractivity contribution is 7.18. The van der Waals surface area contributed by atoms with Crippen molar-refractivity contribution in [3.05, 3.63) is 39.1 Å². The Bertz CT molecular complexity index is 896. The van der Waals surface area contributed by atoms with Gasteiger partial charge >= 0.3 is 5.97 Å². The molecule has 0 bridgehead atoms. The summed E-state index contributed by atoms with van der Waals surface area (Å²) in [5.74, 6) is 0.120. The van der Waals surface area contributed by atoms with Gasteiger partial charge in [-0.05, 0) is 24.8 Å². The number of nitrogens with one attached hydrogen (secondary N) is 1. The van der Waals surface area contributed by atoms with Gasteiger partial charge in [0, 0.05) is 22.2 Å². The second-order valence-electron chi connectivity index (χ2n) is 5.49. The van der Waals surface area contributed by atoms with E-state index in [4.69, 9.17) is 4.74 Å². The summed E-state index contributed by atoms with van der Waals surface area (Å²) in [6.07, 6.45) is 1.54. The number of fused-ring (bicyclic) bond motifs is 1. The van der Waals surface area contributed by atoms with Gasteiger partial charge in [-0.2, -0.15) is 0 Å². The molecule has 3 aromatic rings. The van der Waals surface area contributed by atoms with Crippen molar-refractivity contribution in [2.45, 2.75) is 39.2 Å². The number of unbranched alkanes of at least 4 members (excludes halogenated alkanes) is 1. The maximum Gasteiger partial charge on any atom is 0.306 e. The van der Waals surface area contributed by atoms with Crippen LogP contribution in [0.1, 0.15) is 45.0 Å². The topological polar surface area (TPSA) is 72.0 Å². The van der Waals surface area contributed by atoms with Gasteiger partial charge in [0.2, 0.25) is 0 Å². The Labute approximate surface area is 147 Å². The number of thiophene rings is 2. The number of H-pyrrole nitrogens is 1. The van der Waals surface area contributed by atoms with E-state index in [9.17, 15) is 9.59 Å². The number of ether oxygens (including phenoxy) is 1. The number of carbonyl (C=O) groups is 1. The smallest absolute Gasteiger partial charge is 0.306 e. The first-order valence-electron chi connectivity index (χ1n) is 7.85. The van der Waals surface area contributed by atoms with Gasteiger partial charge in [-0.1, -0.05) is 19.4 Å². The highest BCUT2D eigenvalue weighted by Crippen LogP contribution is 2.33. The van der Waals surface area contributed by atoms with E-state index in [1.165, 1.54) is 11.3 Å². The fraction of sp³-hybridized carbons (Fsp3) is 0.353. The first-order valence-corrected chi connectivity index (χ1v) is 9.60. The quantitative estimate of drug-likeness (QED) is 0.655. The monoisotopic (exact) mass is 362 g/mol. The van der Waals surface area contributed by atoms with Crippen molar-refractivity contribution in [1.82, 2.24) is 9.97 Å². The Kier molecular flexibility index (Phi) is 5.11. The van der Waals surface area contributed by atoms with E-state index < -0.39 is 6.10 Å². The van der Waals surface area contributed by atoms with Gasteiger partial charge in [-0.15, -0.1) is 22.7 Å². The summed E-state index contributed by atoms with van der Waals surface area (Å²) in [7, 11) is 0. The molecule has 7 heteroatoms. The Morgan fingerprint density at radius 1 is 1.42 bits per heavy atom. The highest BCUT2D eigenvalue weighted by Gasteiger charge is 2.18. The van der Waals surface area contributed by atoms with Crippen LogP contribution in [0.25, 0.3) is 20.7 Å². The Morgan fingerprint density at radius 2 is 2.25 bits per heavy atom. The van der Waals surface area contributed by atoms with Gasteiger partial charge in [-0.3, -0.25) is 9.59 Å². The van der Waals surface area contributed by atoms with E-state index in [-0.39, 0.29) is 11.5 Å². The molecule has 0 radical (unpaired) electrons. The van der Waals surface area contributed by atoms with Crippen LogP contribution in [0, 0.1) is 0 Å². The Hall–Kier alpha value is -1.99. The molecule has 0 unspecified atom stereocenters. The van der Waals surface area contributed by atoms with Gasteiger partial charge in [0.15, 0.2) is 11.9 Å². The predicted molar refractivity (Wildman–Crippen MR) is 97.6 cm³/mol. The van der Waals surface area contributed by atoms with Crippen molar-refractivity contribution in [2.24, 2.45) is 0 Å². The molecule has 0 saturated heterocycles. The van der Waals surface area contributed by atoms with E-state index in [0.29, 0.717) is 22.5 Å². The molecule has 3 heterocycles. The minimum absolute atomic E-state index is 0.198. The molecule has 0 amide bonds. The molecule has 1 atom stereocenters. The van der Waals surface area contributed by atoms with Crippen LogP contribution >= 0.6 is 22.7 Å². The predicted octanol–water partition coefficient (Wildman–Crippen LogP) is 4.51. The summed E-state index contributed by atoms with van der Waals surface area (Å²) in [4.78, 5) is 33.2. The number of aromatic nitrogens is 2. The van der Waals surface area contributed by atoms with Crippen LogP contribution in [-0.2, 0) is 9.53 Å². The fourth-order valence-corrected chi connectivity index (χ4v) is 4.17. The summed E-state index contributed by atoms with van der Waals surface area (Å²) in [6.45, 7) is 3.74. The molecule has 126 valence electrons. The third kappa shape index (κ3) is 3.42. The molecular formula is C17H18N2O3S2. The molecule has 1 N–H and O–H groups in total. The third-order valence-electron chi connectivity index (χ3n) is 3.68. The van der Waals surface area contributed by atoms with Crippen LogP contribution in [-0.4, -0.2) is 15.9 Å². The lowest BCUT2D eigenvalue weighted by Gasteiger charge is -2.12. The molecule has 0 saturated carbocycles. The van der Waals surface area contributed by atoms with Crippen molar-refractivity contribution in [2.75, 3.05) is 0 Å². The maximum atomic E-state index is 12.5. The number of hydrogen-bond donors (Lipinski definition) is 1. The molecule has 5 nitrogen and oxygen atoms in total. The van der Waals surface area contributed by atoms with E-state index in [1.54, 1.807) is 18.3 Å². The minimum Gasteiger partial charge on any atom is -0.454 e. The van der Waals surface area contributed by atoms with Crippen molar-refractivity contribution in [3.8, 4) is 10.4 Å². The first-order chi connectivity index (χ1) is 11.6. The van der Waals surface area contributed by atoms with Crippen molar-refractivity contribution in [3.63, 3.8) is 0 Å². The zero-order valence-electron chi connectivity index (χ0n) is 13.5. The summed E-state index contributed by atoms with van der Waals surface area (Å²) in [5, 5.41) is 4.52. The summed E-state index contributed by atoms with van der Waals surface area (Å²) < 4.78 is 5.36. The first kappa shape index (κ1) is 16.9. The van der Waals surface area contributed by atoms with Crippen LogP contribution in [0.15, 0.2) is 27.7 Å². The van der Waals surface area contributed by atoms with E-state index >= 15 is 0 Å². The van der Waals surface area contributed by atoms with Crippen LogP contribution in [0.3, 0.4) is 0 Å². The number of rotatable bonds is 6. The largest absolute Gasteiger partial charge is 0.454 e. The van der Waals surface area contributed by atoms with Gasteiger partial charge in [0.25, 0.3) is 5.56 Å². The van der Waals surface area contributed by atoms with E-state index in [1.807, 2.05) is 29.8 Å². The van der Waals surface area contributed by atoms with Crippen molar-refractivity contribution >= 4 is 38.9 Å². The average Bonchev–Trinajstić information content (AvgIpc) is 3.21. The third-order valence-corrected chi connectivity index (χ3v) is 5.45. The molecule has 3 aromatic heterocycles. The van der Waals surface area contributed by atoms with Crippen LogP contribution in [0.2, 0.25) is 0 Å². The lowest BCUT2D eigenvalue weighted by atomic mass is 10.2. The normalized spacial score (nSPS) is 12.4. The second kappa shape index (κ2) is 7.27. The lowest BCUT2D eigenvalue weighted by Crippen LogP contribution is -2.17. The van der Waals surface area contributed by atoms with E-state index in [2.05, 4.69) is 9.97 Å². The molecule has 0 aliphatic heterocycles. The Morgan fingerprint density at radius 3 is 2.96 bits per heavy atom. The summed E-state index contributed by atoms with van der Waals surface area (Å²) in [6, 6.07) is 3.94. The van der Waals surface area contributed by atoms with E-state index in [0.717, 1.165) is 23.3 Å². The van der Waals surface area contributed by atoms with Crippen molar-refractivity contribution < 1.29 is 9.53 Å². The average molecular weight is 362 g/mol. The molecule has 0 spiro atoms. The van der Waals surface area contributed by atoms with Crippen LogP contribution in [0.5, 0.6) is 0 Å². The summed E-state index contributed by atoms with van der Waals surface area (Å²) in [5.41, 5.74) is 0.703. The van der Waals surface area contributed by atoms with Gasteiger partial charge in [-0.25, -0.2) is 4.98 Å².